The number of nitrogens with zero attached hydrogens (tertiary/aromatic N) is 2. The Bertz CT molecular complexity index is 466. The van der Waals surface area contributed by atoms with Crippen molar-refractivity contribution in [1.29, 1.82) is 0 Å². The van der Waals surface area contributed by atoms with Crippen molar-refractivity contribution in [2.45, 2.75) is 25.1 Å². The van der Waals surface area contributed by atoms with Crippen LogP contribution in [0, 0.1) is 5.92 Å². The van der Waals surface area contributed by atoms with Gasteiger partial charge in [0.15, 0.2) is 0 Å². The molecule has 3 heterocycles. The number of hydrogen-bond donors (Lipinski definition) is 0. The van der Waals surface area contributed by atoms with Crippen LogP contribution in [0.4, 0.5) is 0 Å². The molecule has 1 fully saturated rings. The van der Waals surface area contributed by atoms with Gasteiger partial charge in [0, 0.05) is 37.3 Å². The van der Waals surface area contributed by atoms with Crippen molar-refractivity contribution < 1.29 is 4.74 Å². The lowest BCUT2D eigenvalue weighted by Gasteiger charge is -2.16. The molecule has 3 rings (SSSR count). The average molecular weight is 252 g/mol. The lowest BCUT2D eigenvalue weighted by atomic mass is 10.1. The third-order valence-electron chi connectivity index (χ3n) is 3.36. The quantitative estimate of drug-likeness (QED) is 0.790. The molecule has 0 N–H and O–H groups in total. The standard InChI is InChI=1S/C12H16N2O2S/c15-12-5-10-8-17-4-2-11(10)13-14(12)6-9-1-3-16-7-9/h5,9H,1-4,6-8H2. The third kappa shape index (κ3) is 2.40. The van der Waals surface area contributed by atoms with Crippen LogP contribution in [0.25, 0.3) is 0 Å². The van der Waals surface area contributed by atoms with Crippen LogP contribution in [0.5, 0.6) is 0 Å². The van der Waals surface area contributed by atoms with Crippen LogP contribution in [-0.2, 0) is 23.5 Å². The highest BCUT2D eigenvalue weighted by molar-refractivity contribution is 7.98. The highest BCUT2D eigenvalue weighted by atomic mass is 32.2. The summed E-state index contributed by atoms with van der Waals surface area (Å²) < 4.78 is 6.97. The van der Waals surface area contributed by atoms with E-state index >= 15 is 0 Å². The van der Waals surface area contributed by atoms with E-state index < -0.39 is 0 Å². The molecule has 0 aromatic carbocycles. The summed E-state index contributed by atoms with van der Waals surface area (Å²) in [5.74, 6) is 2.51. The molecule has 0 aliphatic carbocycles. The molecule has 1 unspecified atom stereocenters. The van der Waals surface area contributed by atoms with E-state index in [1.165, 1.54) is 0 Å². The molecule has 4 nitrogen and oxygen atoms in total. The second-order valence-electron chi connectivity index (χ2n) is 4.67. The molecule has 5 heteroatoms. The Hall–Kier alpha value is -0.810. The van der Waals surface area contributed by atoms with Gasteiger partial charge in [0.25, 0.3) is 5.56 Å². The summed E-state index contributed by atoms with van der Waals surface area (Å²) in [4.78, 5) is 11.9. The Morgan fingerprint density at radius 1 is 1.59 bits per heavy atom. The van der Waals surface area contributed by atoms with Gasteiger partial charge in [-0.1, -0.05) is 0 Å². The largest absolute Gasteiger partial charge is 0.381 e. The second kappa shape index (κ2) is 4.82. The Kier molecular flexibility index (Phi) is 3.20. The molecular formula is C12H16N2O2S. The van der Waals surface area contributed by atoms with Crippen molar-refractivity contribution >= 4 is 11.8 Å². The van der Waals surface area contributed by atoms with E-state index in [0.29, 0.717) is 12.5 Å². The van der Waals surface area contributed by atoms with Crippen LogP contribution in [0.3, 0.4) is 0 Å². The second-order valence-corrected chi connectivity index (χ2v) is 5.77. The van der Waals surface area contributed by atoms with Gasteiger partial charge in [-0.05, 0) is 17.7 Å². The highest BCUT2D eigenvalue weighted by Gasteiger charge is 2.19. The van der Waals surface area contributed by atoms with Crippen LogP contribution in [0.2, 0.25) is 0 Å². The number of rotatable bonds is 2. The fraction of sp³-hybridized carbons (Fsp3) is 0.667. The van der Waals surface area contributed by atoms with E-state index in [-0.39, 0.29) is 5.56 Å². The molecule has 0 spiro atoms. The minimum Gasteiger partial charge on any atom is -0.381 e. The summed E-state index contributed by atoms with van der Waals surface area (Å²) in [6.45, 7) is 2.29. The van der Waals surface area contributed by atoms with Crippen molar-refractivity contribution in [3.63, 3.8) is 0 Å². The fourth-order valence-corrected chi connectivity index (χ4v) is 3.31. The summed E-state index contributed by atoms with van der Waals surface area (Å²) >= 11 is 1.88. The average Bonchev–Trinajstić information content (AvgIpc) is 2.83. The number of aryl methyl sites for hydroxylation is 1. The van der Waals surface area contributed by atoms with Crippen molar-refractivity contribution in [2.24, 2.45) is 5.92 Å². The first kappa shape index (κ1) is 11.3. The minimum absolute atomic E-state index is 0.0400. The normalized spacial score (nSPS) is 23.6. The predicted molar refractivity (Wildman–Crippen MR) is 67.3 cm³/mol. The Morgan fingerprint density at radius 3 is 3.35 bits per heavy atom. The summed E-state index contributed by atoms with van der Waals surface area (Å²) in [6, 6.07) is 1.77. The van der Waals surface area contributed by atoms with Crippen LogP contribution in [-0.4, -0.2) is 28.7 Å². The van der Waals surface area contributed by atoms with E-state index in [4.69, 9.17) is 4.74 Å². The van der Waals surface area contributed by atoms with Crippen molar-refractivity contribution in [1.82, 2.24) is 9.78 Å². The van der Waals surface area contributed by atoms with Gasteiger partial charge in [-0.25, -0.2) is 4.68 Å². The SMILES string of the molecule is O=c1cc2c(nn1CC1CCOC1)CCSC2. The number of hydrogen-bond acceptors (Lipinski definition) is 4. The topological polar surface area (TPSA) is 44.1 Å². The van der Waals surface area contributed by atoms with E-state index in [9.17, 15) is 4.79 Å². The van der Waals surface area contributed by atoms with Gasteiger partial charge in [-0.2, -0.15) is 16.9 Å². The zero-order valence-corrected chi connectivity index (χ0v) is 10.5. The van der Waals surface area contributed by atoms with Gasteiger partial charge >= 0.3 is 0 Å². The van der Waals surface area contributed by atoms with Crippen molar-refractivity contribution in [3.05, 3.63) is 27.7 Å². The zero-order valence-electron chi connectivity index (χ0n) is 9.72. The maximum atomic E-state index is 11.9. The maximum Gasteiger partial charge on any atom is 0.267 e. The van der Waals surface area contributed by atoms with E-state index in [0.717, 1.165) is 48.8 Å². The Labute approximate surface area is 104 Å². The minimum atomic E-state index is 0.0400. The summed E-state index contributed by atoms with van der Waals surface area (Å²) in [6.07, 6.45) is 2.03. The van der Waals surface area contributed by atoms with Crippen LogP contribution < -0.4 is 5.56 Å². The van der Waals surface area contributed by atoms with Gasteiger partial charge < -0.3 is 4.74 Å². The first-order valence-electron chi connectivity index (χ1n) is 6.08. The van der Waals surface area contributed by atoms with E-state index in [1.54, 1.807) is 10.7 Å². The molecule has 17 heavy (non-hydrogen) atoms. The van der Waals surface area contributed by atoms with E-state index in [2.05, 4.69) is 5.10 Å². The van der Waals surface area contributed by atoms with Gasteiger partial charge in [0.1, 0.15) is 0 Å². The first-order valence-corrected chi connectivity index (χ1v) is 7.24. The van der Waals surface area contributed by atoms with Crippen molar-refractivity contribution in [2.75, 3.05) is 19.0 Å². The Morgan fingerprint density at radius 2 is 2.53 bits per heavy atom. The van der Waals surface area contributed by atoms with Crippen LogP contribution in [0.15, 0.2) is 10.9 Å². The highest BCUT2D eigenvalue weighted by Crippen LogP contribution is 2.21. The summed E-state index contributed by atoms with van der Waals surface area (Å²) in [5.41, 5.74) is 2.28. The molecule has 1 aromatic heterocycles. The molecule has 0 amide bonds. The molecule has 1 saturated heterocycles. The maximum absolute atomic E-state index is 11.9. The molecule has 1 atom stereocenters. The molecular weight excluding hydrogens is 236 g/mol. The van der Waals surface area contributed by atoms with Crippen molar-refractivity contribution in [3.8, 4) is 0 Å². The number of ether oxygens (including phenoxy) is 1. The predicted octanol–water partition coefficient (Wildman–Crippen LogP) is 1.07. The fourth-order valence-electron chi connectivity index (χ4n) is 2.36. The lowest BCUT2D eigenvalue weighted by molar-refractivity contribution is 0.181. The van der Waals surface area contributed by atoms with Crippen LogP contribution in [0.1, 0.15) is 17.7 Å². The Balaban J connectivity index is 1.85. The molecule has 92 valence electrons. The van der Waals surface area contributed by atoms with Gasteiger partial charge in [-0.15, -0.1) is 0 Å². The summed E-state index contributed by atoms with van der Waals surface area (Å²) in [5, 5.41) is 4.51. The van der Waals surface area contributed by atoms with Gasteiger partial charge in [0.2, 0.25) is 0 Å². The van der Waals surface area contributed by atoms with E-state index in [1.807, 2.05) is 11.8 Å². The van der Waals surface area contributed by atoms with Gasteiger partial charge in [0.05, 0.1) is 12.3 Å². The molecule has 1 aromatic rings. The zero-order chi connectivity index (χ0) is 11.7. The number of aromatic nitrogens is 2. The first-order chi connectivity index (χ1) is 8.33. The van der Waals surface area contributed by atoms with Crippen LogP contribution >= 0.6 is 11.8 Å². The lowest BCUT2D eigenvalue weighted by Crippen LogP contribution is -2.29. The number of thioether (sulfide) groups is 1. The summed E-state index contributed by atoms with van der Waals surface area (Å²) in [7, 11) is 0. The molecule has 0 bridgehead atoms. The monoisotopic (exact) mass is 252 g/mol. The molecule has 0 saturated carbocycles. The smallest absolute Gasteiger partial charge is 0.267 e. The third-order valence-corrected chi connectivity index (χ3v) is 4.37. The molecule has 2 aliphatic heterocycles. The molecule has 0 radical (unpaired) electrons. The number of fused-ring (bicyclic) bond motifs is 1. The molecule has 2 aliphatic rings. The van der Waals surface area contributed by atoms with Gasteiger partial charge in [-0.3, -0.25) is 4.79 Å².